The van der Waals surface area contributed by atoms with Gasteiger partial charge in [-0.15, -0.1) is 0 Å². The second kappa shape index (κ2) is 6.17. The molecule has 0 saturated carbocycles. The molecule has 1 aromatic carbocycles. The Morgan fingerprint density at radius 2 is 2.25 bits per heavy atom. The highest BCUT2D eigenvalue weighted by Gasteiger charge is 2.16. The van der Waals surface area contributed by atoms with Gasteiger partial charge in [-0.2, -0.15) is 0 Å². The molecule has 0 bridgehead atoms. The summed E-state index contributed by atoms with van der Waals surface area (Å²) in [6, 6.07) is 8.66. The van der Waals surface area contributed by atoms with E-state index < -0.39 is 0 Å². The number of nitrogens with one attached hydrogen (secondary N) is 1. The van der Waals surface area contributed by atoms with Gasteiger partial charge >= 0.3 is 0 Å². The maximum Gasteiger partial charge on any atom is 0.170 e. The van der Waals surface area contributed by atoms with Crippen LogP contribution in [0.5, 0.6) is 0 Å². The Morgan fingerprint density at radius 1 is 1.40 bits per heavy atom. The van der Waals surface area contributed by atoms with E-state index in [1.807, 2.05) is 10.8 Å². The Kier molecular flexibility index (Phi) is 4.11. The third-order valence-electron chi connectivity index (χ3n) is 3.45. The van der Waals surface area contributed by atoms with E-state index in [0.29, 0.717) is 19.8 Å². The van der Waals surface area contributed by atoms with Gasteiger partial charge in [-0.1, -0.05) is 12.1 Å². The fourth-order valence-corrected chi connectivity index (χ4v) is 2.28. The summed E-state index contributed by atoms with van der Waals surface area (Å²) < 4.78 is 12.8. The molecular weight excluding hydrogens is 254 g/mol. The smallest absolute Gasteiger partial charge is 0.170 e. The zero-order valence-corrected chi connectivity index (χ0v) is 11.5. The molecule has 0 radical (unpaired) electrons. The number of benzene rings is 1. The lowest BCUT2D eigenvalue weighted by Gasteiger charge is -2.17. The van der Waals surface area contributed by atoms with E-state index in [9.17, 15) is 0 Å². The SMILES string of the molecule is C[C@@H](NCC1OCCO1)c1cccc(-n2ccnc2)c1. The van der Waals surface area contributed by atoms with Gasteiger partial charge in [0.05, 0.1) is 19.5 Å². The molecule has 1 fully saturated rings. The molecule has 1 saturated heterocycles. The molecular formula is C15H19N3O2. The van der Waals surface area contributed by atoms with Crippen molar-refractivity contribution in [1.82, 2.24) is 14.9 Å². The Morgan fingerprint density at radius 3 is 3.00 bits per heavy atom. The summed E-state index contributed by atoms with van der Waals surface area (Å²) in [6.07, 6.45) is 5.41. The van der Waals surface area contributed by atoms with Gasteiger partial charge in [0.2, 0.25) is 0 Å². The van der Waals surface area contributed by atoms with Crippen molar-refractivity contribution in [3.05, 3.63) is 48.5 Å². The van der Waals surface area contributed by atoms with Gasteiger partial charge in [0.1, 0.15) is 0 Å². The van der Waals surface area contributed by atoms with Gasteiger partial charge in [-0.3, -0.25) is 0 Å². The van der Waals surface area contributed by atoms with Gasteiger partial charge < -0.3 is 19.4 Å². The molecule has 0 amide bonds. The Labute approximate surface area is 118 Å². The molecule has 0 unspecified atom stereocenters. The standard InChI is InChI=1S/C15H19N3O2/c1-12(17-10-15-19-7-8-20-15)13-3-2-4-14(9-13)18-6-5-16-11-18/h2-6,9,11-12,15,17H,7-8,10H2,1H3/t12-/m1/s1. The molecule has 0 aliphatic carbocycles. The molecule has 1 atom stereocenters. The van der Waals surface area contributed by atoms with Gasteiger partial charge in [-0.05, 0) is 24.6 Å². The molecule has 5 heteroatoms. The van der Waals surface area contributed by atoms with E-state index in [1.54, 1.807) is 12.5 Å². The molecule has 20 heavy (non-hydrogen) atoms. The largest absolute Gasteiger partial charge is 0.349 e. The van der Waals surface area contributed by atoms with Crippen molar-refractivity contribution in [2.45, 2.75) is 19.3 Å². The highest BCUT2D eigenvalue weighted by molar-refractivity contribution is 5.36. The van der Waals surface area contributed by atoms with Crippen LogP contribution in [0.15, 0.2) is 43.0 Å². The molecule has 1 N–H and O–H groups in total. The predicted molar refractivity (Wildman–Crippen MR) is 75.7 cm³/mol. The van der Waals surface area contributed by atoms with E-state index in [4.69, 9.17) is 9.47 Å². The van der Waals surface area contributed by atoms with Crippen LogP contribution in [0.3, 0.4) is 0 Å². The number of imidazole rings is 1. The molecule has 3 rings (SSSR count). The lowest BCUT2D eigenvalue weighted by atomic mass is 10.1. The summed E-state index contributed by atoms with van der Waals surface area (Å²) in [7, 11) is 0. The van der Waals surface area contributed by atoms with Crippen LogP contribution in [0.2, 0.25) is 0 Å². The molecule has 0 spiro atoms. The normalized spacial score (nSPS) is 17.4. The lowest BCUT2D eigenvalue weighted by molar-refractivity contribution is -0.0403. The first-order chi connectivity index (χ1) is 9.83. The number of aromatic nitrogens is 2. The first-order valence-corrected chi connectivity index (χ1v) is 6.88. The van der Waals surface area contributed by atoms with Gasteiger partial charge in [-0.25, -0.2) is 4.98 Å². The third kappa shape index (κ3) is 3.07. The zero-order valence-electron chi connectivity index (χ0n) is 11.5. The maximum absolute atomic E-state index is 5.42. The number of hydrogen-bond acceptors (Lipinski definition) is 4. The molecule has 1 aromatic heterocycles. The minimum Gasteiger partial charge on any atom is -0.349 e. The Balaban J connectivity index is 1.65. The summed E-state index contributed by atoms with van der Waals surface area (Å²) in [5.41, 5.74) is 2.34. The quantitative estimate of drug-likeness (QED) is 0.904. The van der Waals surface area contributed by atoms with Crippen molar-refractivity contribution in [1.29, 1.82) is 0 Å². The maximum atomic E-state index is 5.42. The summed E-state index contributed by atoms with van der Waals surface area (Å²) >= 11 is 0. The number of rotatable bonds is 5. The van der Waals surface area contributed by atoms with Crippen LogP contribution in [0.25, 0.3) is 5.69 Å². The third-order valence-corrected chi connectivity index (χ3v) is 3.45. The monoisotopic (exact) mass is 273 g/mol. The van der Waals surface area contributed by atoms with E-state index in [-0.39, 0.29) is 12.3 Å². The minimum atomic E-state index is -0.116. The molecule has 1 aliphatic rings. The van der Waals surface area contributed by atoms with Gasteiger partial charge in [0, 0.05) is 30.7 Å². The summed E-state index contributed by atoms with van der Waals surface area (Å²) in [5, 5.41) is 3.44. The zero-order chi connectivity index (χ0) is 13.8. The minimum absolute atomic E-state index is 0.116. The topological polar surface area (TPSA) is 48.3 Å². The fraction of sp³-hybridized carbons (Fsp3) is 0.400. The highest BCUT2D eigenvalue weighted by Crippen LogP contribution is 2.17. The predicted octanol–water partition coefficient (Wildman–Crippen LogP) is 1.90. The van der Waals surface area contributed by atoms with Crippen LogP contribution in [0.4, 0.5) is 0 Å². The summed E-state index contributed by atoms with van der Waals surface area (Å²) in [4.78, 5) is 4.08. The average molecular weight is 273 g/mol. The highest BCUT2D eigenvalue weighted by atomic mass is 16.7. The second-order valence-corrected chi connectivity index (χ2v) is 4.87. The van der Waals surface area contributed by atoms with Gasteiger partial charge in [0.25, 0.3) is 0 Å². The molecule has 106 valence electrons. The summed E-state index contributed by atoms with van der Waals surface area (Å²) in [5.74, 6) is 0. The van der Waals surface area contributed by atoms with Crippen LogP contribution >= 0.6 is 0 Å². The van der Waals surface area contributed by atoms with E-state index in [2.05, 4.69) is 41.5 Å². The van der Waals surface area contributed by atoms with Crippen LogP contribution in [-0.4, -0.2) is 35.6 Å². The van der Waals surface area contributed by atoms with Crippen LogP contribution in [0.1, 0.15) is 18.5 Å². The average Bonchev–Trinajstić information content (AvgIpc) is 3.18. The second-order valence-electron chi connectivity index (χ2n) is 4.87. The molecule has 2 aromatic rings. The van der Waals surface area contributed by atoms with E-state index >= 15 is 0 Å². The number of hydrogen-bond donors (Lipinski definition) is 1. The molecule has 5 nitrogen and oxygen atoms in total. The van der Waals surface area contributed by atoms with Crippen molar-refractivity contribution in [2.75, 3.05) is 19.8 Å². The van der Waals surface area contributed by atoms with Crippen molar-refractivity contribution in [3.63, 3.8) is 0 Å². The van der Waals surface area contributed by atoms with Crippen molar-refractivity contribution < 1.29 is 9.47 Å². The van der Waals surface area contributed by atoms with Crippen LogP contribution in [0, 0.1) is 0 Å². The molecule has 1 aliphatic heterocycles. The van der Waals surface area contributed by atoms with Gasteiger partial charge in [0.15, 0.2) is 6.29 Å². The van der Waals surface area contributed by atoms with Crippen LogP contribution in [-0.2, 0) is 9.47 Å². The van der Waals surface area contributed by atoms with Crippen molar-refractivity contribution in [3.8, 4) is 5.69 Å². The summed E-state index contributed by atoms with van der Waals surface area (Å²) in [6.45, 7) is 4.23. The Bertz CT molecular complexity index is 536. The number of ether oxygens (including phenoxy) is 2. The van der Waals surface area contributed by atoms with Crippen LogP contribution < -0.4 is 5.32 Å². The van der Waals surface area contributed by atoms with E-state index in [1.165, 1.54) is 5.56 Å². The van der Waals surface area contributed by atoms with Crippen molar-refractivity contribution in [2.24, 2.45) is 0 Å². The first-order valence-electron chi connectivity index (χ1n) is 6.88. The Hall–Kier alpha value is -1.69. The lowest BCUT2D eigenvalue weighted by Crippen LogP contribution is -2.29. The molecule has 2 heterocycles. The first kappa shape index (κ1) is 13.3. The van der Waals surface area contributed by atoms with E-state index in [0.717, 1.165) is 5.69 Å². The fourth-order valence-electron chi connectivity index (χ4n) is 2.28. The number of nitrogens with zero attached hydrogens (tertiary/aromatic N) is 2. The van der Waals surface area contributed by atoms with Crippen molar-refractivity contribution >= 4 is 0 Å².